The number of aromatic nitrogens is 1. The summed E-state index contributed by atoms with van der Waals surface area (Å²) in [6.07, 6.45) is 3.04. The molecule has 0 saturated heterocycles. The number of amides is 1. The number of pyridine rings is 1. The van der Waals surface area contributed by atoms with Crippen LogP contribution in [0.1, 0.15) is 28.4 Å². The smallest absolute Gasteiger partial charge is 0.222 e. The van der Waals surface area contributed by atoms with Gasteiger partial charge in [0.25, 0.3) is 0 Å². The molecule has 0 unspecified atom stereocenters. The minimum absolute atomic E-state index is 0.164. The van der Waals surface area contributed by atoms with Gasteiger partial charge in [0.1, 0.15) is 17.5 Å². The van der Waals surface area contributed by atoms with E-state index in [1.165, 1.54) is 13.1 Å². The van der Waals surface area contributed by atoms with Crippen LogP contribution in [0.2, 0.25) is 0 Å². The third-order valence-electron chi connectivity index (χ3n) is 4.52. The monoisotopic (exact) mass is 361 g/mol. The number of para-hydroxylation sites is 1. The molecule has 136 valence electrons. The highest BCUT2D eigenvalue weighted by molar-refractivity contribution is 6.10. The summed E-state index contributed by atoms with van der Waals surface area (Å²) in [6, 6.07) is 9.34. The number of ketones is 1. The summed E-state index contributed by atoms with van der Waals surface area (Å²) in [6.45, 7) is 4.87. The van der Waals surface area contributed by atoms with Crippen molar-refractivity contribution >= 4 is 29.0 Å². The van der Waals surface area contributed by atoms with E-state index in [0.29, 0.717) is 23.7 Å². The first-order valence-corrected chi connectivity index (χ1v) is 8.71. The number of carbonyl (C=O) groups excluding carboxylic acids is 2. The van der Waals surface area contributed by atoms with E-state index in [2.05, 4.69) is 20.6 Å². The summed E-state index contributed by atoms with van der Waals surface area (Å²) in [5.74, 6) is 1.66. The first-order valence-electron chi connectivity index (χ1n) is 8.71. The second kappa shape index (κ2) is 6.68. The Bertz CT molecular complexity index is 992. The van der Waals surface area contributed by atoms with Crippen LogP contribution in [-0.2, 0) is 4.79 Å². The molecule has 7 nitrogen and oxygen atoms in total. The van der Waals surface area contributed by atoms with Crippen molar-refractivity contribution in [2.45, 2.75) is 13.8 Å². The lowest BCUT2D eigenvalue weighted by Gasteiger charge is -2.32. The molecule has 3 heterocycles. The van der Waals surface area contributed by atoms with Crippen LogP contribution >= 0.6 is 0 Å². The van der Waals surface area contributed by atoms with Gasteiger partial charge in [-0.2, -0.15) is 0 Å². The lowest BCUT2D eigenvalue weighted by molar-refractivity contribution is -0.114. The van der Waals surface area contributed by atoms with Gasteiger partial charge in [-0.25, -0.2) is 4.98 Å². The number of hydrogen-bond acceptors (Lipinski definition) is 6. The van der Waals surface area contributed by atoms with E-state index < -0.39 is 0 Å². The molecule has 2 N–H and O–H groups in total. The van der Waals surface area contributed by atoms with E-state index in [1.54, 1.807) is 18.2 Å². The molecule has 1 aromatic carbocycles. The molecule has 1 aromatic heterocycles. The van der Waals surface area contributed by atoms with E-state index >= 15 is 0 Å². The molecule has 0 bridgehead atoms. The zero-order valence-electron chi connectivity index (χ0n) is 15.1. The number of allylic oxidation sites excluding steroid dienone is 1. The second-order valence-electron chi connectivity index (χ2n) is 6.49. The largest absolute Gasteiger partial charge is 0.341 e. The fourth-order valence-electron chi connectivity index (χ4n) is 3.24. The van der Waals surface area contributed by atoms with E-state index in [1.807, 2.05) is 30.0 Å². The summed E-state index contributed by atoms with van der Waals surface area (Å²) >= 11 is 0. The number of aryl methyl sites for hydroxylation is 1. The van der Waals surface area contributed by atoms with Gasteiger partial charge >= 0.3 is 0 Å². The number of benzene rings is 1. The molecule has 2 aromatic rings. The lowest BCUT2D eigenvalue weighted by atomic mass is 10.0. The molecule has 0 atom stereocenters. The topological polar surface area (TPSA) is 86.7 Å². The van der Waals surface area contributed by atoms with Crippen LogP contribution in [-0.4, -0.2) is 40.5 Å². The molecular formula is C20H19N5O2. The van der Waals surface area contributed by atoms with E-state index in [0.717, 1.165) is 29.2 Å². The van der Waals surface area contributed by atoms with E-state index in [-0.39, 0.29) is 11.7 Å². The van der Waals surface area contributed by atoms with Gasteiger partial charge in [0.2, 0.25) is 5.91 Å². The van der Waals surface area contributed by atoms with Crippen molar-refractivity contribution in [1.82, 2.24) is 9.88 Å². The summed E-state index contributed by atoms with van der Waals surface area (Å²) in [5, 5.41) is 5.97. The summed E-state index contributed by atoms with van der Waals surface area (Å²) in [4.78, 5) is 34.5. The fraction of sp³-hybridized carbons (Fsp3) is 0.200. The maximum atomic E-state index is 12.7. The molecule has 0 fully saturated rings. The quantitative estimate of drug-likeness (QED) is 0.648. The lowest BCUT2D eigenvalue weighted by Crippen LogP contribution is -2.36. The molecule has 2 aliphatic rings. The molecule has 0 saturated carbocycles. The van der Waals surface area contributed by atoms with Crippen molar-refractivity contribution in [3.63, 3.8) is 0 Å². The highest BCUT2D eigenvalue weighted by Crippen LogP contribution is 2.32. The van der Waals surface area contributed by atoms with E-state index in [9.17, 15) is 9.59 Å². The van der Waals surface area contributed by atoms with Crippen LogP contribution in [0.5, 0.6) is 0 Å². The van der Waals surface area contributed by atoms with Crippen LogP contribution in [0.25, 0.3) is 0 Å². The maximum absolute atomic E-state index is 12.7. The first kappa shape index (κ1) is 17.0. The van der Waals surface area contributed by atoms with E-state index in [4.69, 9.17) is 0 Å². The van der Waals surface area contributed by atoms with Crippen molar-refractivity contribution in [2.75, 3.05) is 23.7 Å². The summed E-state index contributed by atoms with van der Waals surface area (Å²) < 4.78 is 0. The Balaban J connectivity index is 1.64. The zero-order valence-corrected chi connectivity index (χ0v) is 15.1. The Morgan fingerprint density at radius 2 is 2.11 bits per heavy atom. The Morgan fingerprint density at radius 3 is 2.85 bits per heavy atom. The number of hydrogen-bond donors (Lipinski definition) is 2. The molecule has 2 aliphatic heterocycles. The number of nitrogens with zero attached hydrogens (tertiary/aromatic N) is 3. The molecule has 0 radical (unpaired) electrons. The number of nitrogens with one attached hydrogen (secondary N) is 2. The summed E-state index contributed by atoms with van der Waals surface area (Å²) in [7, 11) is 0. The minimum Gasteiger partial charge on any atom is -0.341 e. The standard InChI is InChI=1S/C20H19N5O2/c1-12-4-3-5-15-19(12)24-18(25-9-8-21-20(15)25)10-16(27)14-6-7-17(22-11-14)23-13(2)26/h3-7,10-11,24H,8-9H2,1-2H3,(H,22,23,26)/b18-10+. The molecule has 1 amide bonds. The average molecular weight is 361 g/mol. The highest BCUT2D eigenvalue weighted by Gasteiger charge is 2.30. The molecule has 7 heteroatoms. The number of amidine groups is 1. The average Bonchev–Trinajstić information content (AvgIpc) is 3.13. The van der Waals surface area contributed by atoms with Gasteiger partial charge in [0, 0.05) is 36.9 Å². The van der Waals surface area contributed by atoms with Crippen LogP contribution < -0.4 is 10.6 Å². The third kappa shape index (κ3) is 3.19. The van der Waals surface area contributed by atoms with Crippen LogP contribution in [0.4, 0.5) is 11.5 Å². The first-order chi connectivity index (χ1) is 13.0. The Morgan fingerprint density at radius 1 is 1.26 bits per heavy atom. The molecule has 0 spiro atoms. The van der Waals surface area contributed by atoms with Crippen LogP contribution in [0.3, 0.4) is 0 Å². The van der Waals surface area contributed by atoms with Gasteiger partial charge < -0.3 is 15.5 Å². The number of rotatable bonds is 3. The normalized spacial score (nSPS) is 16.3. The number of fused-ring (bicyclic) bond motifs is 3. The maximum Gasteiger partial charge on any atom is 0.222 e. The Hall–Kier alpha value is -3.48. The van der Waals surface area contributed by atoms with Gasteiger partial charge in [0.05, 0.1) is 12.2 Å². The van der Waals surface area contributed by atoms with Crippen molar-refractivity contribution < 1.29 is 9.59 Å². The van der Waals surface area contributed by atoms with Crippen molar-refractivity contribution in [3.05, 3.63) is 65.1 Å². The van der Waals surface area contributed by atoms with Gasteiger partial charge in [-0.15, -0.1) is 0 Å². The Labute approximate surface area is 156 Å². The second-order valence-corrected chi connectivity index (χ2v) is 6.49. The molecule has 27 heavy (non-hydrogen) atoms. The SMILES string of the molecule is CC(=O)Nc1ccc(C(=O)/C=C2\Nc3c(C)cccc3C3=NCCN32)cn1. The molecule has 0 aliphatic carbocycles. The van der Waals surface area contributed by atoms with Crippen molar-refractivity contribution in [3.8, 4) is 0 Å². The zero-order chi connectivity index (χ0) is 19.0. The Kier molecular flexibility index (Phi) is 4.19. The van der Waals surface area contributed by atoms with Gasteiger partial charge in [-0.05, 0) is 30.7 Å². The minimum atomic E-state index is -0.204. The van der Waals surface area contributed by atoms with Gasteiger partial charge in [-0.3, -0.25) is 14.6 Å². The number of aliphatic imine (C=N–C) groups is 1. The van der Waals surface area contributed by atoms with Crippen molar-refractivity contribution in [2.24, 2.45) is 4.99 Å². The fourth-order valence-corrected chi connectivity index (χ4v) is 3.24. The van der Waals surface area contributed by atoms with Gasteiger partial charge in [-0.1, -0.05) is 12.1 Å². The van der Waals surface area contributed by atoms with Crippen LogP contribution in [0.15, 0.2) is 53.4 Å². The predicted octanol–water partition coefficient (Wildman–Crippen LogP) is 2.56. The number of carbonyl (C=O) groups is 2. The third-order valence-corrected chi connectivity index (χ3v) is 4.52. The predicted molar refractivity (Wildman–Crippen MR) is 104 cm³/mol. The number of anilines is 2. The van der Waals surface area contributed by atoms with Gasteiger partial charge in [0.15, 0.2) is 5.78 Å². The summed E-state index contributed by atoms with van der Waals surface area (Å²) in [5.41, 5.74) is 3.58. The highest BCUT2D eigenvalue weighted by atomic mass is 16.1. The van der Waals surface area contributed by atoms with Crippen molar-refractivity contribution in [1.29, 1.82) is 0 Å². The molecule has 4 rings (SSSR count). The van der Waals surface area contributed by atoms with Crippen LogP contribution in [0, 0.1) is 6.92 Å². The molecular weight excluding hydrogens is 342 g/mol.